The molecule has 2 heterocycles. The van der Waals surface area contributed by atoms with E-state index in [4.69, 9.17) is 4.74 Å². The summed E-state index contributed by atoms with van der Waals surface area (Å²) < 4.78 is 76.6. The summed E-state index contributed by atoms with van der Waals surface area (Å²) >= 11 is 0.805. The van der Waals surface area contributed by atoms with E-state index in [9.17, 15) is 26.4 Å². The number of halogens is 3. The predicted octanol–water partition coefficient (Wildman–Crippen LogP) is 4.50. The van der Waals surface area contributed by atoms with Crippen molar-refractivity contribution in [1.29, 1.82) is 0 Å². The molecule has 0 radical (unpaired) electrons. The van der Waals surface area contributed by atoms with Crippen LogP contribution in [-0.2, 0) is 39.0 Å². The number of methoxy groups -OCH3 is 1. The number of carbonyl (C=O) groups is 1. The van der Waals surface area contributed by atoms with Gasteiger partial charge in [0.15, 0.2) is 0 Å². The third-order valence-corrected chi connectivity index (χ3v) is 7.90. The van der Waals surface area contributed by atoms with Gasteiger partial charge in [0.1, 0.15) is 21.3 Å². The summed E-state index contributed by atoms with van der Waals surface area (Å²) in [5.41, 5.74) is -0.531. The number of sulfone groups is 1. The van der Waals surface area contributed by atoms with E-state index in [1.165, 1.54) is 38.4 Å². The lowest BCUT2D eigenvalue weighted by Crippen LogP contribution is -2.11. The second-order valence-corrected chi connectivity index (χ2v) is 10.3. The van der Waals surface area contributed by atoms with E-state index in [1.54, 1.807) is 6.07 Å². The molecule has 7 nitrogen and oxygen atoms in total. The van der Waals surface area contributed by atoms with Crippen molar-refractivity contribution >= 4 is 27.1 Å². The van der Waals surface area contributed by atoms with Crippen LogP contribution >= 0.6 is 11.3 Å². The van der Waals surface area contributed by atoms with Crippen LogP contribution in [-0.4, -0.2) is 37.9 Å². The maximum atomic E-state index is 13.3. The van der Waals surface area contributed by atoms with E-state index in [1.807, 2.05) is 6.92 Å². The van der Waals surface area contributed by atoms with Crippen LogP contribution in [0.2, 0.25) is 0 Å². The Hall–Kier alpha value is -2.86. The predicted molar refractivity (Wildman–Crippen MR) is 115 cm³/mol. The zero-order valence-corrected chi connectivity index (χ0v) is 19.6. The monoisotopic (exact) mass is 502 g/mol. The van der Waals surface area contributed by atoms with E-state index in [0.29, 0.717) is 23.3 Å². The first-order valence-corrected chi connectivity index (χ1v) is 12.1. The third kappa shape index (κ3) is 5.56. The summed E-state index contributed by atoms with van der Waals surface area (Å²) in [4.78, 5) is 11.9. The number of ether oxygens (including phenoxy) is 2. The first-order valence-electron chi connectivity index (χ1n) is 9.75. The Labute approximate surface area is 192 Å². The normalized spacial score (nSPS) is 12.1. The summed E-state index contributed by atoms with van der Waals surface area (Å²) in [5.74, 6) is -0.256. The van der Waals surface area contributed by atoms with Crippen molar-refractivity contribution in [2.24, 2.45) is 7.05 Å². The molecule has 0 amide bonds. The van der Waals surface area contributed by atoms with Gasteiger partial charge in [-0.1, -0.05) is 6.92 Å². The van der Waals surface area contributed by atoms with Gasteiger partial charge < -0.3 is 9.47 Å². The lowest BCUT2D eigenvalue weighted by Gasteiger charge is -2.10. The number of hydrogen-bond acceptors (Lipinski definition) is 7. The molecule has 0 bridgehead atoms. The number of esters is 1. The van der Waals surface area contributed by atoms with Gasteiger partial charge in [0.2, 0.25) is 9.84 Å². The smallest absolute Gasteiger partial charge is 0.433 e. The number of rotatable bonds is 8. The number of benzene rings is 1. The van der Waals surface area contributed by atoms with Crippen molar-refractivity contribution in [3.63, 3.8) is 0 Å². The Bertz CT molecular complexity index is 1260. The molecule has 0 saturated heterocycles. The molecular weight excluding hydrogens is 481 g/mol. The average Bonchev–Trinajstić information content (AvgIpc) is 3.39. The number of alkyl halides is 3. The summed E-state index contributed by atoms with van der Waals surface area (Å²) in [6.07, 6.45) is -4.03. The highest BCUT2D eigenvalue weighted by atomic mass is 32.2. The summed E-state index contributed by atoms with van der Waals surface area (Å²) in [6, 6.07) is 7.87. The molecule has 0 atom stereocenters. The zero-order valence-electron chi connectivity index (χ0n) is 18.0. The standard InChI is InChI=1S/C21H21F3N2O5S2/c1-4-7-31-14-8-13(10-19(27)30-3)9-15(11-14)33(28,29)20-6-5-17(32-20)16-12-18(21(22,23)24)26(2)25-16/h5-6,8-9,11-12H,4,7,10H2,1-3H3. The number of hydrogen-bond donors (Lipinski definition) is 0. The highest BCUT2D eigenvalue weighted by Crippen LogP contribution is 2.37. The molecule has 12 heteroatoms. The van der Waals surface area contributed by atoms with Gasteiger partial charge in [0, 0.05) is 7.05 Å². The van der Waals surface area contributed by atoms with Crippen LogP contribution in [0.3, 0.4) is 0 Å². The largest absolute Gasteiger partial charge is 0.494 e. The number of carbonyl (C=O) groups excluding carboxylic acids is 1. The molecule has 0 aliphatic carbocycles. The summed E-state index contributed by atoms with van der Waals surface area (Å²) in [5, 5.41) is 3.86. The van der Waals surface area contributed by atoms with Gasteiger partial charge in [0.05, 0.1) is 29.9 Å². The minimum Gasteiger partial charge on any atom is -0.494 e. The topological polar surface area (TPSA) is 87.5 Å². The first-order chi connectivity index (χ1) is 15.5. The van der Waals surface area contributed by atoms with Gasteiger partial charge in [-0.25, -0.2) is 8.42 Å². The molecule has 0 unspecified atom stereocenters. The highest BCUT2D eigenvalue weighted by molar-refractivity contribution is 7.93. The first kappa shape index (κ1) is 24.8. The molecule has 3 rings (SSSR count). The highest BCUT2D eigenvalue weighted by Gasteiger charge is 2.35. The van der Waals surface area contributed by atoms with Crippen molar-refractivity contribution in [2.45, 2.75) is 35.0 Å². The van der Waals surface area contributed by atoms with Crippen LogP contribution in [0.15, 0.2) is 45.5 Å². The quantitative estimate of drug-likeness (QED) is 0.422. The number of aromatic nitrogens is 2. The van der Waals surface area contributed by atoms with Gasteiger partial charge in [0.25, 0.3) is 0 Å². The molecule has 178 valence electrons. The fraction of sp³-hybridized carbons (Fsp3) is 0.333. The summed E-state index contributed by atoms with van der Waals surface area (Å²) in [6.45, 7) is 2.25. The van der Waals surface area contributed by atoms with Crippen LogP contribution in [0.1, 0.15) is 24.6 Å². The maximum absolute atomic E-state index is 13.3. The Balaban J connectivity index is 2.00. The fourth-order valence-electron chi connectivity index (χ4n) is 3.00. The molecule has 0 saturated carbocycles. The van der Waals surface area contributed by atoms with Crippen molar-refractivity contribution in [3.8, 4) is 16.3 Å². The van der Waals surface area contributed by atoms with Crippen LogP contribution in [0.25, 0.3) is 10.6 Å². The van der Waals surface area contributed by atoms with E-state index in [0.717, 1.165) is 17.4 Å². The van der Waals surface area contributed by atoms with Crippen molar-refractivity contribution in [3.05, 3.63) is 47.7 Å². The van der Waals surface area contributed by atoms with Crippen molar-refractivity contribution in [1.82, 2.24) is 9.78 Å². The van der Waals surface area contributed by atoms with Gasteiger partial charge in [-0.2, -0.15) is 18.3 Å². The van der Waals surface area contributed by atoms with Crippen molar-refractivity contribution < 1.29 is 35.9 Å². The van der Waals surface area contributed by atoms with Gasteiger partial charge in [-0.15, -0.1) is 11.3 Å². The number of aryl methyl sites for hydroxylation is 1. The van der Waals surface area contributed by atoms with Gasteiger partial charge >= 0.3 is 12.1 Å². The molecule has 3 aromatic rings. The summed E-state index contributed by atoms with van der Waals surface area (Å²) in [7, 11) is -1.64. The van der Waals surface area contributed by atoms with Crippen LogP contribution < -0.4 is 4.74 Å². The molecule has 0 aliphatic heterocycles. The zero-order chi connectivity index (χ0) is 24.4. The molecule has 0 N–H and O–H groups in total. The number of thiophene rings is 1. The average molecular weight is 503 g/mol. The second kappa shape index (κ2) is 9.56. The van der Waals surface area contributed by atoms with Gasteiger partial charge in [-0.05, 0) is 48.4 Å². The Kier molecular flexibility index (Phi) is 7.17. The van der Waals surface area contributed by atoms with E-state index >= 15 is 0 Å². The lowest BCUT2D eigenvalue weighted by molar-refractivity contribution is -0.143. The maximum Gasteiger partial charge on any atom is 0.433 e. The Morgan fingerprint density at radius 1 is 1.18 bits per heavy atom. The van der Waals surface area contributed by atoms with E-state index < -0.39 is 27.7 Å². The molecule has 0 spiro atoms. The molecule has 0 fully saturated rings. The molecule has 2 aromatic heterocycles. The fourth-order valence-corrected chi connectivity index (χ4v) is 5.75. The molecular formula is C21H21F3N2O5S2. The van der Waals surface area contributed by atoms with Crippen LogP contribution in [0.4, 0.5) is 13.2 Å². The van der Waals surface area contributed by atoms with E-state index in [-0.39, 0.29) is 31.8 Å². The minimum absolute atomic E-state index is 0.0164. The minimum atomic E-state index is -4.58. The molecule has 0 aliphatic rings. The Morgan fingerprint density at radius 2 is 1.91 bits per heavy atom. The SMILES string of the molecule is CCCOc1cc(CC(=O)OC)cc(S(=O)(=O)c2ccc(-c3cc(C(F)(F)F)n(C)n3)s2)c1. The molecule has 1 aromatic carbocycles. The number of nitrogens with zero attached hydrogens (tertiary/aromatic N) is 2. The second-order valence-electron chi connectivity index (χ2n) is 7.07. The Morgan fingerprint density at radius 3 is 2.52 bits per heavy atom. The lowest BCUT2D eigenvalue weighted by atomic mass is 10.1. The van der Waals surface area contributed by atoms with Crippen molar-refractivity contribution in [2.75, 3.05) is 13.7 Å². The van der Waals surface area contributed by atoms with Crippen LogP contribution in [0.5, 0.6) is 5.75 Å². The van der Waals surface area contributed by atoms with E-state index in [2.05, 4.69) is 9.84 Å². The molecule has 33 heavy (non-hydrogen) atoms. The van der Waals surface area contributed by atoms with Gasteiger partial charge in [-0.3, -0.25) is 9.48 Å². The third-order valence-electron chi connectivity index (χ3n) is 4.57. The van der Waals surface area contributed by atoms with Crippen LogP contribution in [0, 0.1) is 0 Å².